The molecule has 5 aromatic rings. The highest BCUT2D eigenvalue weighted by Crippen LogP contribution is 2.35. The Bertz CT molecular complexity index is 2130. The summed E-state index contributed by atoms with van der Waals surface area (Å²) >= 11 is 1.13. The fraction of sp³-hybridized carbons (Fsp3) is 0.121. The Hall–Kier alpha value is -5.42. The number of nitrogens with zero attached hydrogens (tertiary/aromatic N) is 3. The normalized spacial score (nSPS) is 14.7. The summed E-state index contributed by atoms with van der Waals surface area (Å²) in [6.45, 7) is 3.56. The van der Waals surface area contributed by atoms with Crippen LogP contribution >= 0.6 is 11.3 Å². The lowest BCUT2D eigenvalue weighted by Crippen LogP contribution is -2.40. The van der Waals surface area contributed by atoms with Crippen LogP contribution in [0.15, 0.2) is 105 Å². The van der Waals surface area contributed by atoms with E-state index in [0.29, 0.717) is 48.8 Å². The molecule has 3 heterocycles. The van der Waals surface area contributed by atoms with E-state index in [1.165, 1.54) is 41.0 Å². The average Bonchev–Trinajstić information content (AvgIpc) is 3.61. The van der Waals surface area contributed by atoms with Crippen molar-refractivity contribution in [3.05, 3.63) is 149 Å². The number of carbonyl (C=O) groups is 1. The molecule has 0 amide bonds. The van der Waals surface area contributed by atoms with Gasteiger partial charge >= 0.3 is 5.97 Å². The molecule has 1 atom stereocenters. The third kappa shape index (κ3) is 5.29. The van der Waals surface area contributed by atoms with Crippen LogP contribution in [0.25, 0.3) is 23.1 Å². The van der Waals surface area contributed by atoms with Gasteiger partial charge in [0.2, 0.25) is 0 Å². The number of nitro benzene ring substituents is 1. The summed E-state index contributed by atoms with van der Waals surface area (Å²) in [5.41, 5.74) is 2.61. The molecule has 0 fully saturated rings. The van der Waals surface area contributed by atoms with Gasteiger partial charge in [-0.3, -0.25) is 19.5 Å². The summed E-state index contributed by atoms with van der Waals surface area (Å²) in [4.78, 5) is 43.3. The number of furan rings is 1. The number of thiazole rings is 1. The third-order valence-corrected chi connectivity index (χ3v) is 8.13. The van der Waals surface area contributed by atoms with Crippen LogP contribution in [-0.4, -0.2) is 22.1 Å². The highest BCUT2D eigenvalue weighted by molar-refractivity contribution is 7.07. The number of fused-ring (bicyclic) bond motifs is 1. The molecule has 1 aliphatic rings. The molecule has 0 spiro atoms. The predicted octanol–water partition coefficient (Wildman–Crippen LogP) is 5.55. The highest BCUT2D eigenvalue weighted by Gasteiger charge is 2.35. The molecule has 1 aliphatic heterocycles. The van der Waals surface area contributed by atoms with E-state index in [1.807, 2.05) is 30.3 Å². The number of nitro groups is 1. The maximum Gasteiger partial charge on any atom is 0.338 e. The van der Waals surface area contributed by atoms with Crippen molar-refractivity contribution >= 4 is 34.8 Å². The third-order valence-electron chi connectivity index (χ3n) is 7.15. The number of non-ortho nitro benzene ring substituents is 1. The minimum atomic E-state index is -0.932. The molecule has 1 unspecified atom stereocenters. The number of rotatable bonds is 7. The van der Waals surface area contributed by atoms with Crippen LogP contribution in [0.2, 0.25) is 0 Å². The van der Waals surface area contributed by atoms with E-state index in [4.69, 9.17) is 14.1 Å². The molecule has 11 heteroatoms. The number of ether oxygens (including phenoxy) is 1. The van der Waals surface area contributed by atoms with Crippen LogP contribution in [-0.2, 0) is 9.53 Å². The standard InChI is InChI=1S/C33H24FN3O6S/c1-3-42-32(39)28-29(20-7-5-4-6-8-20)35-33-36(30(28)21-9-11-22(34)12-10-21)31(38)27(44-33)18-24-14-16-26(43-24)25-15-13-23(37(40)41)17-19(25)2/h4-18,30H,3H2,1-2H3/b27-18-. The van der Waals surface area contributed by atoms with Gasteiger partial charge in [0.05, 0.1) is 33.4 Å². The second-order valence-corrected chi connectivity index (χ2v) is 11.0. The highest BCUT2D eigenvalue weighted by atomic mass is 32.1. The molecule has 9 nitrogen and oxygen atoms in total. The topological polar surface area (TPSA) is 117 Å². The lowest BCUT2D eigenvalue weighted by atomic mass is 9.93. The largest absolute Gasteiger partial charge is 0.463 e. The van der Waals surface area contributed by atoms with Crippen molar-refractivity contribution in [1.29, 1.82) is 0 Å². The molecule has 220 valence electrons. The fourth-order valence-electron chi connectivity index (χ4n) is 5.14. The van der Waals surface area contributed by atoms with Crippen molar-refractivity contribution in [2.24, 2.45) is 4.99 Å². The van der Waals surface area contributed by atoms with Crippen molar-refractivity contribution in [3.63, 3.8) is 0 Å². The minimum Gasteiger partial charge on any atom is -0.463 e. The van der Waals surface area contributed by atoms with E-state index in [0.717, 1.165) is 11.3 Å². The van der Waals surface area contributed by atoms with Gasteiger partial charge < -0.3 is 9.15 Å². The van der Waals surface area contributed by atoms with Gasteiger partial charge in [0.1, 0.15) is 17.3 Å². The molecule has 0 saturated heterocycles. The second kappa shape index (κ2) is 11.7. The Labute approximate surface area is 253 Å². The fourth-order valence-corrected chi connectivity index (χ4v) is 6.12. The van der Waals surface area contributed by atoms with Crippen molar-refractivity contribution in [2.75, 3.05) is 6.61 Å². The molecule has 44 heavy (non-hydrogen) atoms. The first-order chi connectivity index (χ1) is 21.2. The van der Waals surface area contributed by atoms with Gasteiger partial charge in [-0.25, -0.2) is 14.2 Å². The number of hydrogen-bond acceptors (Lipinski definition) is 8. The number of benzene rings is 3. The van der Waals surface area contributed by atoms with Crippen molar-refractivity contribution in [1.82, 2.24) is 4.57 Å². The summed E-state index contributed by atoms with van der Waals surface area (Å²) in [6.07, 6.45) is 1.59. The van der Waals surface area contributed by atoms with Gasteiger partial charge in [-0.1, -0.05) is 53.8 Å². The zero-order valence-corrected chi connectivity index (χ0v) is 24.3. The van der Waals surface area contributed by atoms with Crippen LogP contribution in [0.1, 0.15) is 35.4 Å². The number of aryl methyl sites for hydroxylation is 1. The zero-order chi connectivity index (χ0) is 31.0. The molecule has 0 radical (unpaired) electrons. The summed E-state index contributed by atoms with van der Waals surface area (Å²) in [7, 11) is 0. The van der Waals surface area contributed by atoms with E-state index < -0.39 is 28.3 Å². The van der Waals surface area contributed by atoms with Gasteiger partial charge in [0.25, 0.3) is 11.2 Å². The smallest absolute Gasteiger partial charge is 0.338 e. The number of aromatic nitrogens is 1. The average molecular weight is 610 g/mol. The van der Waals surface area contributed by atoms with E-state index in [9.17, 15) is 24.1 Å². The Morgan fingerprint density at radius 3 is 2.55 bits per heavy atom. The first kappa shape index (κ1) is 28.7. The van der Waals surface area contributed by atoms with Crippen molar-refractivity contribution in [3.8, 4) is 11.3 Å². The minimum absolute atomic E-state index is 0.0214. The van der Waals surface area contributed by atoms with Crippen molar-refractivity contribution < 1.29 is 23.3 Å². The van der Waals surface area contributed by atoms with Gasteiger partial charge in [-0.05, 0) is 55.3 Å². The molecule has 0 bridgehead atoms. The molecular weight excluding hydrogens is 585 g/mol. The number of hydrogen-bond donors (Lipinski definition) is 0. The number of carbonyl (C=O) groups excluding carboxylic acids is 1. The van der Waals surface area contributed by atoms with Gasteiger partial charge in [-0.2, -0.15) is 0 Å². The van der Waals surface area contributed by atoms with E-state index in [-0.39, 0.29) is 17.9 Å². The van der Waals surface area contributed by atoms with Crippen LogP contribution in [0.4, 0.5) is 10.1 Å². The Balaban J connectivity index is 1.52. The molecular formula is C33H24FN3O6S. The monoisotopic (exact) mass is 609 g/mol. The van der Waals surface area contributed by atoms with E-state index >= 15 is 0 Å². The lowest BCUT2D eigenvalue weighted by molar-refractivity contribution is -0.384. The first-order valence-electron chi connectivity index (χ1n) is 13.6. The van der Waals surface area contributed by atoms with E-state index in [1.54, 1.807) is 38.1 Å². The van der Waals surface area contributed by atoms with Gasteiger partial charge in [-0.15, -0.1) is 0 Å². The Kier molecular flexibility index (Phi) is 7.62. The molecule has 0 saturated carbocycles. The number of halogens is 1. The van der Waals surface area contributed by atoms with Crippen molar-refractivity contribution in [2.45, 2.75) is 19.9 Å². The van der Waals surface area contributed by atoms with Gasteiger partial charge in [0, 0.05) is 29.3 Å². The van der Waals surface area contributed by atoms with Crippen LogP contribution in [0.5, 0.6) is 0 Å². The summed E-state index contributed by atoms with van der Waals surface area (Å²) in [5.74, 6) is -0.221. The maximum absolute atomic E-state index is 14.0. The second-order valence-electron chi connectivity index (χ2n) is 9.94. The molecule has 6 rings (SSSR count). The molecule has 3 aromatic carbocycles. The van der Waals surface area contributed by atoms with E-state index in [2.05, 4.69) is 0 Å². The van der Waals surface area contributed by atoms with Crippen LogP contribution in [0, 0.1) is 22.9 Å². The first-order valence-corrected chi connectivity index (χ1v) is 14.5. The Morgan fingerprint density at radius 2 is 1.86 bits per heavy atom. The molecule has 0 N–H and O–H groups in total. The maximum atomic E-state index is 14.0. The summed E-state index contributed by atoms with van der Waals surface area (Å²) < 4.78 is 27.2. The van der Waals surface area contributed by atoms with Crippen LogP contribution < -0.4 is 14.9 Å². The quantitative estimate of drug-likeness (QED) is 0.136. The summed E-state index contributed by atoms with van der Waals surface area (Å²) in [6, 6.07) is 21.7. The number of esters is 1. The summed E-state index contributed by atoms with van der Waals surface area (Å²) in [5, 5.41) is 11.1. The van der Waals surface area contributed by atoms with Crippen LogP contribution in [0.3, 0.4) is 0 Å². The zero-order valence-electron chi connectivity index (χ0n) is 23.5. The molecule has 2 aromatic heterocycles. The molecule has 0 aliphatic carbocycles. The Morgan fingerprint density at radius 1 is 1.11 bits per heavy atom. The van der Waals surface area contributed by atoms with Gasteiger partial charge in [0.15, 0.2) is 4.80 Å². The predicted molar refractivity (Wildman–Crippen MR) is 163 cm³/mol. The SMILES string of the molecule is CCOC(=O)C1=C(c2ccccc2)N=c2s/c(=C\c3ccc(-c4ccc([N+](=O)[O-])cc4C)o3)c(=O)n2C1c1ccc(F)cc1. The lowest BCUT2D eigenvalue weighted by Gasteiger charge is -2.25.